The first-order valence-electron chi connectivity index (χ1n) is 18.9. The number of unbranched alkanes of at least 4 members (excludes halogenated alkanes) is 2. The molecule has 2 aromatic rings. The van der Waals surface area contributed by atoms with E-state index in [4.69, 9.17) is 18.9 Å². The molecule has 14 nitrogen and oxygen atoms in total. The molecule has 1 aliphatic heterocycles. The van der Waals surface area contributed by atoms with Crippen LogP contribution in [-0.2, 0) is 41.6 Å². The Labute approximate surface area is 318 Å². The number of nitrogens with zero attached hydrogens (tertiary/aromatic N) is 2. The molecule has 0 saturated carbocycles. The van der Waals surface area contributed by atoms with Crippen molar-refractivity contribution in [3.05, 3.63) is 53.6 Å². The van der Waals surface area contributed by atoms with Crippen LogP contribution in [0.4, 0.5) is 0 Å². The Morgan fingerprint density at radius 2 is 1.54 bits per heavy atom. The van der Waals surface area contributed by atoms with E-state index in [1.54, 1.807) is 24.0 Å². The number of methoxy groups -OCH3 is 3. The summed E-state index contributed by atoms with van der Waals surface area (Å²) in [6, 6.07) is 10.9. The smallest absolute Gasteiger partial charge is 0.305 e. The predicted molar refractivity (Wildman–Crippen MR) is 202 cm³/mol. The number of piperazine rings is 1. The predicted octanol–water partition coefficient (Wildman–Crippen LogP) is 3.20. The zero-order valence-corrected chi connectivity index (χ0v) is 32.4. The molecule has 0 bridgehead atoms. The number of amides is 4. The monoisotopic (exact) mass is 754 g/mol. The van der Waals surface area contributed by atoms with Crippen LogP contribution in [0.5, 0.6) is 17.2 Å². The number of aryl methyl sites for hydroxylation is 1. The van der Waals surface area contributed by atoms with Gasteiger partial charge in [-0.05, 0) is 62.3 Å². The topological polar surface area (TPSA) is 173 Å². The minimum Gasteiger partial charge on any atom is -0.493 e. The summed E-state index contributed by atoms with van der Waals surface area (Å²) >= 11 is 0. The van der Waals surface area contributed by atoms with E-state index in [0.29, 0.717) is 49.7 Å². The van der Waals surface area contributed by atoms with E-state index in [1.165, 1.54) is 26.2 Å². The lowest BCUT2D eigenvalue weighted by atomic mass is 9.98. The maximum atomic E-state index is 14.2. The largest absolute Gasteiger partial charge is 0.493 e. The van der Waals surface area contributed by atoms with Gasteiger partial charge in [0.05, 0.1) is 53.0 Å². The molecule has 0 spiro atoms. The first-order valence-corrected chi connectivity index (χ1v) is 18.9. The number of carbonyl (C=O) groups excluding carboxylic acids is 5. The normalized spacial score (nSPS) is 15.1. The summed E-state index contributed by atoms with van der Waals surface area (Å²) in [4.78, 5) is 69.0. The lowest BCUT2D eigenvalue weighted by molar-refractivity contribution is -0.149. The van der Waals surface area contributed by atoms with Gasteiger partial charge in [0.25, 0.3) is 0 Å². The minimum atomic E-state index is -1.22. The number of ether oxygens (including phenoxy) is 4. The molecule has 54 heavy (non-hydrogen) atoms. The molecule has 14 heteroatoms. The SMILES string of the molecule is CCCCNC(=O)C[C@H](O)[C@H](Cc1ccccc1)NC(=O)C1CN(C(=O)CCCCC(=O)OCC)CCN1C(=O)CCc1cc(OC)c(OC)c(OC)c1. The number of benzene rings is 2. The Morgan fingerprint density at radius 1 is 0.852 bits per heavy atom. The Bertz CT molecular complexity index is 1500. The lowest BCUT2D eigenvalue weighted by Gasteiger charge is -2.41. The molecule has 3 N–H and O–H groups in total. The van der Waals surface area contributed by atoms with Gasteiger partial charge >= 0.3 is 5.97 Å². The third-order valence-electron chi connectivity index (χ3n) is 9.37. The van der Waals surface area contributed by atoms with Crippen LogP contribution in [0.3, 0.4) is 0 Å². The fraction of sp³-hybridized carbons (Fsp3) is 0.575. The lowest BCUT2D eigenvalue weighted by Crippen LogP contribution is -2.63. The number of carbonyl (C=O) groups is 5. The van der Waals surface area contributed by atoms with Crippen LogP contribution < -0.4 is 24.8 Å². The highest BCUT2D eigenvalue weighted by molar-refractivity contribution is 5.89. The Kier molecular flexibility index (Phi) is 18.6. The first kappa shape index (κ1) is 43.6. The third kappa shape index (κ3) is 13.5. The molecular weight excluding hydrogens is 696 g/mol. The van der Waals surface area contributed by atoms with Crippen LogP contribution >= 0.6 is 0 Å². The van der Waals surface area contributed by atoms with E-state index in [9.17, 15) is 29.1 Å². The molecular formula is C40H58N4O10. The van der Waals surface area contributed by atoms with E-state index in [2.05, 4.69) is 10.6 Å². The Hall–Kier alpha value is -4.85. The summed E-state index contributed by atoms with van der Waals surface area (Å²) in [6.07, 6.45) is 2.20. The van der Waals surface area contributed by atoms with Crippen molar-refractivity contribution in [1.82, 2.24) is 20.4 Å². The number of aliphatic hydroxyl groups excluding tert-OH is 1. The maximum Gasteiger partial charge on any atom is 0.305 e. The van der Waals surface area contributed by atoms with Gasteiger partial charge in [0.15, 0.2) is 11.5 Å². The van der Waals surface area contributed by atoms with Crippen molar-refractivity contribution in [2.75, 3.05) is 54.1 Å². The summed E-state index contributed by atoms with van der Waals surface area (Å²) < 4.78 is 21.3. The minimum absolute atomic E-state index is 0.0515. The van der Waals surface area contributed by atoms with Gasteiger partial charge in [0.1, 0.15) is 6.04 Å². The van der Waals surface area contributed by atoms with Gasteiger partial charge in [0, 0.05) is 38.9 Å². The quantitative estimate of drug-likeness (QED) is 0.120. The summed E-state index contributed by atoms with van der Waals surface area (Å²) in [5, 5.41) is 17.1. The molecule has 4 amide bonds. The number of esters is 1. The van der Waals surface area contributed by atoms with E-state index in [0.717, 1.165) is 24.0 Å². The highest BCUT2D eigenvalue weighted by Gasteiger charge is 2.38. The van der Waals surface area contributed by atoms with Crippen molar-refractivity contribution < 1.29 is 48.0 Å². The van der Waals surface area contributed by atoms with Crippen molar-refractivity contribution in [2.45, 2.75) is 96.2 Å². The number of rotatable bonds is 22. The molecule has 1 fully saturated rings. The van der Waals surface area contributed by atoms with Gasteiger partial charge in [-0.15, -0.1) is 0 Å². The molecule has 3 rings (SSSR count). The van der Waals surface area contributed by atoms with Crippen LogP contribution in [0, 0.1) is 0 Å². The second-order valence-electron chi connectivity index (χ2n) is 13.3. The highest BCUT2D eigenvalue weighted by Crippen LogP contribution is 2.38. The molecule has 1 unspecified atom stereocenters. The van der Waals surface area contributed by atoms with E-state index < -0.39 is 24.1 Å². The molecule has 2 aromatic carbocycles. The van der Waals surface area contributed by atoms with Gasteiger partial charge in [-0.25, -0.2) is 0 Å². The molecule has 3 atom stereocenters. The van der Waals surface area contributed by atoms with Crippen molar-refractivity contribution in [3.8, 4) is 17.2 Å². The van der Waals surface area contributed by atoms with Crippen LogP contribution in [0.1, 0.15) is 76.3 Å². The van der Waals surface area contributed by atoms with Gasteiger partial charge in [-0.3, -0.25) is 24.0 Å². The van der Waals surface area contributed by atoms with Crippen LogP contribution in [0.25, 0.3) is 0 Å². The summed E-state index contributed by atoms with van der Waals surface area (Å²) in [6.45, 7) is 4.82. The van der Waals surface area contributed by atoms with E-state index >= 15 is 0 Å². The molecule has 0 aliphatic carbocycles. The fourth-order valence-electron chi connectivity index (χ4n) is 6.38. The second kappa shape index (κ2) is 23.0. The van der Waals surface area contributed by atoms with Gasteiger partial charge in [0.2, 0.25) is 29.4 Å². The zero-order valence-electron chi connectivity index (χ0n) is 32.4. The summed E-state index contributed by atoms with van der Waals surface area (Å²) in [5.74, 6) is -0.329. The molecule has 1 aliphatic rings. The number of hydrogen-bond donors (Lipinski definition) is 3. The first-order chi connectivity index (χ1) is 26.0. The van der Waals surface area contributed by atoms with Gasteiger partial charge in [-0.1, -0.05) is 43.7 Å². The summed E-state index contributed by atoms with van der Waals surface area (Å²) in [5.41, 5.74) is 1.61. The van der Waals surface area contributed by atoms with Crippen molar-refractivity contribution in [3.63, 3.8) is 0 Å². The molecule has 0 aromatic heterocycles. The molecule has 0 radical (unpaired) electrons. The van der Waals surface area contributed by atoms with Crippen LogP contribution in [0.2, 0.25) is 0 Å². The molecule has 1 heterocycles. The molecule has 298 valence electrons. The van der Waals surface area contributed by atoms with Gasteiger partial charge in [-0.2, -0.15) is 0 Å². The van der Waals surface area contributed by atoms with E-state index in [1.807, 2.05) is 37.3 Å². The summed E-state index contributed by atoms with van der Waals surface area (Å²) in [7, 11) is 4.53. The van der Waals surface area contributed by atoms with Crippen molar-refractivity contribution in [2.24, 2.45) is 0 Å². The van der Waals surface area contributed by atoms with Gasteiger partial charge < -0.3 is 44.5 Å². The average Bonchev–Trinajstić information content (AvgIpc) is 3.17. The van der Waals surface area contributed by atoms with Crippen molar-refractivity contribution in [1.29, 1.82) is 0 Å². The third-order valence-corrected chi connectivity index (χ3v) is 9.37. The van der Waals surface area contributed by atoms with Crippen LogP contribution in [0.15, 0.2) is 42.5 Å². The van der Waals surface area contributed by atoms with Crippen molar-refractivity contribution >= 4 is 29.6 Å². The Balaban J connectivity index is 1.82. The van der Waals surface area contributed by atoms with E-state index in [-0.39, 0.29) is 75.4 Å². The average molecular weight is 755 g/mol. The fourth-order valence-corrected chi connectivity index (χ4v) is 6.38. The Morgan fingerprint density at radius 3 is 2.17 bits per heavy atom. The standard InChI is InChI=1S/C40H58N4O10/c1-6-8-20-41-35(46)26-32(45)30(23-28-14-10-9-11-15-28)42-40(50)31-27-43(36(47)16-12-13-17-38(49)54-7-2)21-22-44(31)37(48)19-18-29-24-33(51-3)39(53-5)34(25-29)52-4/h9-11,14-15,24-25,30-32,45H,6-8,12-13,16-23,26-27H2,1-5H3,(H,41,46)(H,42,50)/t30-,31?,32-/m0/s1. The molecule has 1 saturated heterocycles. The number of hydrogen-bond acceptors (Lipinski definition) is 10. The second-order valence-corrected chi connectivity index (χ2v) is 13.3. The van der Waals surface area contributed by atoms with Crippen LogP contribution in [-0.4, -0.2) is 117 Å². The zero-order chi connectivity index (χ0) is 39.5. The maximum absolute atomic E-state index is 14.2. The number of nitrogens with one attached hydrogen (secondary N) is 2. The number of aliphatic hydroxyl groups is 1. The highest BCUT2D eigenvalue weighted by atomic mass is 16.5.